The number of nitrogens with one attached hydrogen (secondary N) is 1. The van der Waals surface area contributed by atoms with Crippen LogP contribution in [-0.2, 0) is 10.2 Å². The van der Waals surface area contributed by atoms with Crippen LogP contribution in [0.2, 0.25) is 0 Å². The van der Waals surface area contributed by atoms with Crippen LogP contribution in [0, 0.1) is 0 Å². The van der Waals surface area contributed by atoms with Gasteiger partial charge in [-0.3, -0.25) is 4.72 Å². The lowest BCUT2D eigenvalue weighted by Crippen LogP contribution is -2.37. The van der Waals surface area contributed by atoms with Crippen LogP contribution >= 0.6 is 12.2 Å². The van der Waals surface area contributed by atoms with Gasteiger partial charge < -0.3 is 5.73 Å². The molecule has 0 saturated heterocycles. The third kappa shape index (κ3) is 3.41. The number of nitrogens with two attached hydrogens (primary N) is 1. The monoisotopic (exact) mass is 287 g/mol. The van der Waals surface area contributed by atoms with E-state index in [0.29, 0.717) is 11.3 Å². The standard InChI is InChI=1S/C11H17N3O2S2/c1-8(2)14(3)18(15,16)13-10-7-5-4-6-9(10)11(12)17/h4-8,13H,1-3H3,(H2,12,17). The van der Waals surface area contributed by atoms with Crippen LogP contribution in [0.1, 0.15) is 19.4 Å². The molecule has 1 aromatic carbocycles. The molecule has 1 rings (SSSR count). The average molecular weight is 287 g/mol. The van der Waals surface area contributed by atoms with Crippen molar-refractivity contribution in [3.63, 3.8) is 0 Å². The summed E-state index contributed by atoms with van der Waals surface area (Å²) in [6, 6.07) is 6.63. The fourth-order valence-corrected chi connectivity index (χ4v) is 2.61. The molecule has 0 aliphatic carbocycles. The average Bonchev–Trinajstić information content (AvgIpc) is 2.27. The van der Waals surface area contributed by atoms with Crippen molar-refractivity contribution in [1.82, 2.24) is 4.31 Å². The zero-order chi connectivity index (χ0) is 13.9. The Morgan fingerprint density at radius 1 is 1.39 bits per heavy atom. The quantitative estimate of drug-likeness (QED) is 0.801. The first-order chi connectivity index (χ1) is 8.25. The minimum atomic E-state index is -3.60. The largest absolute Gasteiger partial charge is 0.389 e. The van der Waals surface area contributed by atoms with Crippen LogP contribution in [0.5, 0.6) is 0 Å². The van der Waals surface area contributed by atoms with Gasteiger partial charge in [-0.05, 0) is 26.0 Å². The Balaban J connectivity index is 3.09. The Hall–Kier alpha value is -1.18. The van der Waals surface area contributed by atoms with Crippen molar-refractivity contribution >= 4 is 33.1 Å². The van der Waals surface area contributed by atoms with E-state index in [9.17, 15) is 8.42 Å². The van der Waals surface area contributed by atoms with E-state index in [2.05, 4.69) is 4.72 Å². The van der Waals surface area contributed by atoms with Crippen LogP contribution in [0.25, 0.3) is 0 Å². The van der Waals surface area contributed by atoms with E-state index in [4.69, 9.17) is 18.0 Å². The van der Waals surface area contributed by atoms with Crippen molar-refractivity contribution in [2.75, 3.05) is 11.8 Å². The molecule has 0 aromatic heterocycles. The lowest BCUT2D eigenvalue weighted by atomic mass is 10.2. The molecule has 100 valence electrons. The van der Waals surface area contributed by atoms with Crippen LogP contribution in [-0.4, -0.2) is 30.8 Å². The molecular weight excluding hydrogens is 270 g/mol. The fraction of sp³-hybridized carbons (Fsp3) is 0.364. The number of benzene rings is 1. The molecule has 0 radical (unpaired) electrons. The van der Waals surface area contributed by atoms with E-state index in [1.54, 1.807) is 38.1 Å². The molecule has 5 nitrogen and oxygen atoms in total. The minimum absolute atomic E-state index is 0.139. The third-order valence-electron chi connectivity index (χ3n) is 2.54. The summed E-state index contributed by atoms with van der Waals surface area (Å²) < 4.78 is 27.8. The summed E-state index contributed by atoms with van der Waals surface area (Å²) in [4.78, 5) is 0.153. The second kappa shape index (κ2) is 5.64. The van der Waals surface area contributed by atoms with Gasteiger partial charge in [-0.1, -0.05) is 24.4 Å². The highest BCUT2D eigenvalue weighted by Gasteiger charge is 2.21. The normalized spacial score (nSPS) is 11.8. The van der Waals surface area contributed by atoms with Crippen molar-refractivity contribution in [2.24, 2.45) is 5.73 Å². The maximum absolute atomic E-state index is 12.0. The molecule has 0 fully saturated rings. The molecule has 0 saturated carbocycles. The molecule has 1 aromatic rings. The number of nitrogens with zero attached hydrogens (tertiary/aromatic N) is 1. The maximum Gasteiger partial charge on any atom is 0.301 e. The van der Waals surface area contributed by atoms with Gasteiger partial charge in [0.2, 0.25) is 0 Å². The second-order valence-corrected chi connectivity index (χ2v) is 6.30. The summed E-state index contributed by atoms with van der Waals surface area (Å²) in [5, 5.41) is 0. The summed E-state index contributed by atoms with van der Waals surface area (Å²) in [5.41, 5.74) is 6.45. The minimum Gasteiger partial charge on any atom is -0.389 e. The number of hydrogen-bond donors (Lipinski definition) is 2. The van der Waals surface area contributed by atoms with Gasteiger partial charge in [0.15, 0.2) is 0 Å². The van der Waals surface area contributed by atoms with E-state index in [1.807, 2.05) is 0 Å². The van der Waals surface area contributed by atoms with Gasteiger partial charge in [-0.25, -0.2) is 0 Å². The van der Waals surface area contributed by atoms with Gasteiger partial charge in [-0.15, -0.1) is 0 Å². The van der Waals surface area contributed by atoms with Gasteiger partial charge in [0.05, 0.1) is 5.69 Å². The van der Waals surface area contributed by atoms with E-state index >= 15 is 0 Å². The second-order valence-electron chi connectivity index (χ2n) is 4.13. The Bertz CT molecular complexity index is 541. The smallest absolute Gasteiger partial charge is 0.301 e. The SMILES string of the molecule is CC(C)N(C)S(=O)(=O)Nc1ccccc1C(N)=S. The lowest BCUT2D eigenvalue weighted by Gasteiger charge is -2.22. The molecule has 18 heavy (non-hydrogen) atoms. The van der Waals surface area contributed by atoms with Gasteiger partial charge in [0.1, 0.15) is 4.99 Å². The van der Waals surface area contributed by atoms with Crippen LogP contribution in [0.3, 0.4) is 0 Å². The van der Waals surface area contributed by atoms with E-state index in [-0.39, 0.29) is 11.0 Å². The number of thiocarbonyl (C=S) groups is 1. The Kier molecular flexibility index (Phi) is 4.66. The van der Waals surface area contributed by atoms with Crippen LogP contribution in [0.4, 0.5) is 5.69 Å². The molecule has 0 aliphatic heterocycles. The number of anilines is 1. The number of hydrogen-bond acceptors (Lipinski definition) is 3. The Morgan fingerprint density at radius 3 is 2.44 bits per heavy atom. The molecule has 0 aliphatic rings. The van der Waals surface area contributed by atoms with Crippen molar-refractivity contribution < 1.29 is 8.42 Å². The van der Waals surface area contributed by atoms with E-state index < -0.39 is 10.2 Å². The van der Waals surface area contributed by atoms with Crippen LogP contribution < -0.4 is 10.5 Å². The summed E-state index contributed by atoms with van der Waals surface area (Å²) in [6.45, 7) is 3.58. The highest BCUT2D eigenvalue weighted by atomic mass is 32.2. The van der Waals surface area contributed by atoms with Crippen molar-refractivity contribution in [2.45, 2.75) is 19.9 Å². The molecule has 0 amide bonds. The first-order valence-corrected chi connectivity index (χ1v) is 7.25. The van der Waals surface area contributed by atoms with Crippen molar-refractivity contribution in [3.05, 3.63) is 29.8 Å². The highest BCUT2D eigenvalue weighted by molar-refractivity contribution is 7.90. The predicted molar refractivity (Wildman–Crippen MR) is 77.8 cm³/mol. The summed E-state index contributed by atoms with van der Waals surface area (Å²) in [7, 11) is -2.09. The molecule has 0 heterocycles. The fourth-order valence-electron chi connectivity index (χ4n) is 1.28. The number of rotatable bonds is 5. The Morgan fingerprint density at radius 2 is 1.94 bits per heavy atom. The molecule has 0 bridgehead atoms. The summed E-state index contributed by atoms with van der Waals surface area (Å²) in [5.74, 6) is 0. The van der Waals surface area contributed by atoms with E-state index in [1.165, 1.54) is 11.4 Å². The zero-order valence-electron chi connectivity index (χ0n) is 10.5. The zero-order valence-corrected chi connectivity index (χ0v) is 12.2. The topological polar surface area (TPSA) is 75.4 Å². The molecule has 0 spiro atoms. The van der Waals surface area contributed by atoms with Gasteiger partial charge in [-0.2, -0.15) is 12.7 Å². The predicted octanol–water partition coefficient (Wildman–Crippen LogP) is 1.32. The summed E-state index contributed by atoms with van der Waals surface area (Å²) >= 11 is 4.89. The van der Waals surface area contributed by atoms with Gasteiger partial charge >= 0.3 is 10.2 Å². The van der Waals surface area contributed by atoms with Gasteiger partial charge in [0, 0.05) is 18.7 Å². The highest BCUT2D eigenvalue weighted by Crippen LogP contribution is 2.18. The van der Waals surface area contributed by atoms with Crippen molar-refractivity contribution in [3.8, 4) is 0 Å². The summed E-state index contributed by atoms with van der Waals surface area (Å²) in [6.07, 6.45) is 0. The number of para-hydroxylation sites is 1. The van der Waals surface area contributed by atoms with Crippen LogP contribution in [0.15, 0.2) is 24.3 Å². The Labute approximate surface area is 113 Å². The van der Waals surface area contributed by atoms with E-state index in [0.717, 1.165) is 0 Å². The van der Waals surface area contributed by atoms with Gasteiger partial charge in [0.25, 0.3) is 0 Å². The molecular formula is C11H17N3O2S2. The maximum atomic E-state index is 12.0. The first kappa shape index (κ1) is 14.9. The third-order valence-corrected chi connectivity index (χ3v) is 4.42. The molecule has 0 atom stereocenters. The lowest BCUT2D eigenvalue weighted by molar-refractivity contribution is 0.414. The molecule has 0 unspecified atom stereocenters. The van der Waals surface area contributed by atoms with Crippen molar-refractivity contribution in [1.29, 1.82) is 0 Å². The molecule has 7 heteroatoms. The first-order valence-electron chi connectivity index (χ1n) is 5.40. The molecule has 3 N–H and O–H groups in total.